The summed E-state index contributed by atoms with van der Waals surface area (Å²) < 4.78 is 11.4. The number of fused-ring (bicyclic) bond motifs is 1. The van der Waals surface area contributed by atoms with Crippen LogP contribution in [0.5, 0.6) is 5.75 Å². The molecule has 2 aromatic rings. The maximum absolute atomic E-state index is 12.5. The second kappa shape index (κ2) is 12.3. The molecular formula is C26H35N3O4S. The summed E-state index contributed by atoms with van der Waals surface area (Å²) in [4.78, 5) is 30.4. The van der Waals surface area contributed by atoms with E-state index in [0.717, 1.165) is 56.9 Å². The van der Waals surface area contributed by atoms with Crippen LogP contribution >= 0.6 is 11.3 Å². The molecule has 0 aliphatic carbocycles. The molecular weight excluding hydrogens is 450 g/mol. The van der Waals surface area contributed by atoms with Gasteiger partial charge in [-0.1, -0.05) is 12.1 Å². The van der Waals surface area contributed by atoms with E-state index in [9.17, 15) is 9.59 Å². The Hall–Kier alpha value is -2.42. The van der Waals surface area contributed by atoms with Crippen molar-refractivity contribution in [2.24, 2.45) is 0 Å². The molecule has 0 saturated carbocycles. The molecule has 34 heavy (non-hydrogen) atoms. The molecule has 1 aromatic carbocycles. The number of rotatable bonds is 10. The van der Waals surface area contributed by atoms with Crippen molar-refractivity contribution in [1.29, 1.82) is 0 Å². The number of ether oxygens (including phenoxy) is 2. The van der Waals surface area contributed by atoms with Gasteiger partial charge in [0.05, 0.1) is 0 Å². The van der Waals surface area contributed by atoms with Crippen molar-refractivity contribution in [3.8, 4) is 5.75 Å². The maximum Gasteiger partial charge on any atom is 0.223 e. The number of carbonyl (C=O) groups is 2. The summed E-state index contributed by atoms with van der Waals surface area (Å²) in [5.41, 5.74) is 2.22. The molecule has 1 saturated heterocycles. The van der Waals surface area contributed by atoms with E-state index in [0.29, 0.717) is 25.7 Å². The Kier molecular flexibility index (Phi) is 8.96. The van der Waals surface area contributed by atoms with Gasteiger partial charge in [0.1, 0.15) is 12.4 Å². The van der Waals surface area contributed by atoms with Crippen LogP contribution in [0, 0.1) is 0 Å². The standard InChI is InChI=1S/C26H35N3O4S/c1-28(22-8-13-32-14-9-22)12-15-33-23-4-2-3-20(17-23)18-27-25(30)5-6-26(31)29-11-7-24-21(19-29)10-16-34-24/h2-4,10,16-17,22H,5-9,11-15,18-19H2,1H3,(H,27,30). The summed E-state index contributed by atoms with van der Waals surface area (Å²) in [6.45, 7) is 4.99. The lowest BCUT2D eigenvalue weighted by molar-refractivity contribution is -0.134. The largest absolute Gasteiger partial charge is 0.492 e. The van der Waals surface area contributed by atoms with E-state index in [2.05, 4.69) is 28.7 Å². The van der Waals surface area contributed by atoms with E-state index in [1.807, 2.05) is 29.2 Å². The molecule has 2 aliphatic rings. The van der Waals surface area contributed by atoms with Gasteiger partial charge in [0.25, 0.3) is 0 Å². The van der Waals surface area contributed by atoms with Crippen molar-refractivity contribution in [3.63, 3.8) is 0 Å². The van der Waals surface area contributed by atoms with Gasteiger partial charge in [-0.2, -0.15) is 0 Å². The minimum absolute atomic E-state index is 0.0492. The van der Waals surface area contributed by atoms with Gasteiger partial charge >= 0.3 is 0 Å². The fraction of sp³-hybridized carbons (Fsp3) is 0.538. The van der Waals surface area contributed by atoms with Crippen molar-refractivity contribution >= 4 is 23.2 Å². The number of nitrogens with zero attached hydrogens (tertiary/aromatic N) is 2. The van der Waals surface area contributed by atoms with E-state index >= 15 is 0 Å². The topological polar surface area (TPSA) is 71.1 Å². The summed E-state index contributed by atoms with van der Waals surface area (Å²) in [7, 11) is 2.14. The smallest absolute Gasteiger partial charge is 0.223 e. The fourth-order valence-corrected chi connectivity index (χ4v) is 5.38. The van der Waals surface area contributed by atoms with E-state index < -0.39 is 0 Å². The highest BCUT2D eigenvalue weighted by Gasteiger charge is 2.22. The molecule has 0 radical (unpaired) electrons. The first-order chi connectivity index (χ1) is 16.6. The first-order valence-electron chi connectivity index (χ1n) is 12.2. The van der Waals surface area contributed by atoms with Crippen LogP contribution in [-0.4, -0.2) is 67.6 Å². The summed E-state index contributed by atoms with van der Waals surface area (Å²) in [6, 6.07) is 10.5. The predicted octanol–water partition coefficient (Wildman–Crippen LogP) is 3.22. The van der Waals surface area contributed by atoms with E-state index in [1.165, 1.54) is 10.4 Å². The van der Waals surface area contributed by atoms with E-state index in [4.69, 9.17) is 9.47 Å². The van der Waals surface area contributed by atoms with Gasteiger partial charge in [-0.05, 0) is 61.0 Å². The molecule has 7 nitrogen and oxygen atoms in total. The van der Waals surface area contributed by atoms with Crippen LogP contribution in [0.3, 0.4) is 0 Å². The Labute approximate surface area is 206 Å². The third-order valence-corrected chi connectivity index (χ3v) is 7.66. The highest BCUT2D eigenvalue weighted by atomic mass is 32.1. The van der Waals surface area contributed by atoms with Crippen LogP contribution < -0.4 is 10.1 Å². The number of nitrogens with one attached hydrogen (secondary N) is 1. The summed E-state index contributed by atoms with van der Waals surface area (Å²) in [5, 5.41) is 5.01. The Morgan fingerprint density at radius 1 is 1.24 bits per heavy atom. The summed E-state index contributed by atoms with van der Waals surface area (Å²) in [5.74, 6) is 0.749. The zero-order valence-corrected chi connectivity index (χ0v) is 20.8. The molecule has 1 fully saturated rings. The molecule has 0 bridgehead atoms. The van der Waals surface area contributed by atoms with Gasteiger partial charge in [-0.3, -0.25) is 14.5 Å². The average Bonchev–Trinajstić information content (AvgIpc) is 3.35. The van der Waals surface area contributed by atoms with Crippen LogP contribution in [0.1, 0.15) is 41.7 Å². The predicted molar refractivity (Wildman–Crippen MR) is 133 cm³/mol. The van der Waals surface area contributed by atoms with Crippen LogP contribution in [0.15, 0.2) is 35.7 Å². The summed E-state index contributed by atoms with van der Waals surface area (Å²) >= 11 is 1.76. The third kappa shape index (κ3) is 7.04. The monoisotopic (exact) mass is 485 g/mol. The molecule has 184 valence electrons. The second-order valence-corrected chi connectivity index (χ2v) is 10.0. The van der Waals surface area contributed by atoms with Crippen LogP contribution in [-0.2, 0) is 33.8 Å². The second-order valence-electron chi connectivity index (χ2n) is 9.03. The molecule has 2 aliphatic heterocycles. The van der Waals surface area contributed by atoms with Crippen LogP contribution in [0.2, 0.25) is 0 Å². The zero-order chi connectivity index (χ0) is 23.8. The Balaban J connectivity index is 1.14. The molecule has 4 rings (SSSR count). The van der Waals surface area contributed by atoms with Crippen molar-refractivity contribution in [2.45, 2.75) is 51.2 Å². The Morgan fingerprint density at radius 2 is 2.09 bits per heavy atom. The van der Waals surface area contributed by atoms with Crippen molar-refractivity contribution in [2.75, 3.05) is 40.0 Å². The average molecular weight is 486 g/mol. The highest BCUT2D eigenvalue weighted by Crippen LogP contribution is 2.24. The van der Waals surface area contributed by atoms with Crippen molar-refractivity contribution in [3.05, 3.63) is 51.7 Å². The van der Waals surface area contributed by atoms with Gasteiger partial charge in [-0.15, -0.1) is 11.3 Å². The van der Waals surface area contributed by atoms with Crippen molar-refractivity contribution < 1.29 is 19.1 Å². The molecule has 8 heteroatoms. The number of hydrogen-bond donors (Lipinski definition) is 1. The van der Waals surface area contributed by atoms with Crippen molar-refractivity contribution in [1.82, 2.24) is 15.1 Å². The fourth-order valence-electron chi connectivity index (χ4n) is 4.49. The number of benzene rings is 1. The molecule has 0 atom stereocenters. The minimum atomic E-state index is -0.106. The first-order valence-corrected chi connectivity index (χ1v) is 13.1. The van der Waals surface area contributed by atoms with Gasteiger partial charge in [0, 0.05) is 63.2 Å². The highest BCUT2D eigenvalue weighted by molar-refractivity contribution is 7.10. The van der Waals surface area contributed by atoms with Gasteiger partial charge < -0.3 is 19.7 Å². The minimum Gasteiger partial charge on any atom is -0.492 e. The molecule has 1 aromatic heterocycles. The summed E-state index contributed by atoms with van der Waals surface area (Å²) in [6.07, 6.45) is 3.51. The van der Waals surface area contributed by atoms with Gasteiger partial charge in [-0.25, -0.2) is 0 Å². The number of likely N-dealkylation sites (N-methyl/N-ethyl adjacent to an activating group) is 1. The molecule has 3 heterocycles. The van der Waals surface area contributed by atoms with Gasteiger partial charge in [0.15, 0.2) is 0 Å². The number of amides is 2. The first kappa shape index (κ1) is 24.7. The lowest BCUT2D eigenvalue weighted by Crippen LogP contribution is -2.38. The number of hydrogen-bond acceptors (Lipinski definition) is 6. The lowest BCUT2D eigenvalue weighted by Gasteiger charge is -2.31. The molecule has 1 N–H and O–H groups in total. The normalized spacial score (nSPS) is 16.4. The maximum atomic E-state index is 12.5. The van der Waals surface area contributed by atoms with E-state index in [1.54, 1.807) is 11.3 Å². The van der Waals surface area contributed by atoms with Crippen LogP contribution in [0.25, 0.3) is 0 Å². The SMILES string of the molecule is CN(CCOc1cccc(CNC(=O)CCC(=O)N2CCc3sccc3C2)c1)C1CCOCC1. The number of thiophene rings is 1. The molecule has 0 unspecified atom stereocenters. The molecule has 0 spiro atoms. The lowest BCUT2D eigenvalue weighted by atomic mass is 10.1. The van der Waals surface area contributed by atoms with Crippen LogP contribution in [0.4, 0.5) is 0 Å². The molecule has 2 amide bonds. The Bertz CT molecular complexity index is 957. The Morgan fingerprint density at radius 3 is 2.94 bits per heavy atom. The van der Waals surface area contributed by atoms with E-state index in [-0.39, 0.29) is 24.7 Å². The number of carbonyl (C=O) groups excluding carboxylic acids is 2. The van der Waals surface area contributed by atoms with Gasteiger partial charge in [0.2, 0.25) is 11.8 Å². The third-order valence-electron chi connectivity index (χ3n) is 6.64. The quantitative estimate of drug-likeness (QED) is 0.560. The zero-order valence-electron chi connectivity index (χ0n) is 20.0.